The van der Waals surface area contributed by atoms with E-state index >= 15 is 0 Å². The molecule has 0 spiro atoms. The molecule has 2 rings (SSSR count). The summed E-state index contributed by atoms with van der Waals surface area (Å²) in [6, 6.07) is 15.4. The molecule has 3 nitrogen and oxygen atoms in total. The summed E-state index contributed by atoms with van der Waals surface area (Å²) in [6.07, 6.45) is 0.158. The van der Waals surface area contributed by atoms with E-state index in [-0.39, 0.29) is 6.10 Å². The third-order valence-corrected chi connectivity index (χ3v) is 3.10. The summed E-state index contributed by atoms with van der Waals surface area (Å²) >= 11 is 3.36. The lowest BCUT2D eigenvalue weighted by Crippen LogP contribution is -2.05. The molecule has 2 aromatic carbocycles. The van der Waals surface area contributed by atoms with Gasteiger partial charge < -0.3 is 10.1 Å². The Hall–Kier alpha value is -1.99. The summed E-state index contributed by atoms with van der Waals surface area (Å²) in [5.74, 6) is 0.835. The van der Waals surface area contributed by atoms with Gasteiger partial charge in [0.1, 0.15) is 11.8 Å². The molecule has 0 saturated heterocycles. The minimum absolute atomic E-state index is 0.158. The average Bonchev–Trinajstić information content (AvgIpc) is 2.42. The first-order valence-corrected chi connectivity index (χ1v) is 7.11. The van der Waals surface area contributed by atoms with Crippen LogP contribution in [0.15, 0.2) is 46.9 Å². The van der Waals surface area contributed by atoms with Crippen molar-refractivity contribution in [3.63, 3.8) is 0 Å². The van der Waals surface area contributed by atoms with Crippen molar-refractivity contribution in [2.45, 2.75) is 20.0 Å². The van der Waals surface area contributed by atoms with E-state index in [9.17, 15) is 0 Å². The first-order chi connectivity index (χ1) is 9.58. The Balaban J connectivity index is 2.16. The highest BCUT2D eigenvalue weighted by Crippen LogP contribution is 2.25. The molecular weight excluding hydrogens is 316 g/mol. The van der Waals surface area contributed by atoms with Gasteiger partial charge in [-0.25, -0.2) is 0 Å². The first-order valence-electron chi connectivity index (χ1n) is 6.32. The van der Waals surface area contributed by atoms with E-state index in [4.69, 9.17) is 10.00 Å². The van der Waals surface area contributed by atoms with Crippen LogP contribution in [0.4, 0.5) is 11.4 Å². The zero-order valence-corrected chi connectivity index (χ0v) is 12.9. The number of hydrogen-bond acceptors (Lipinski definition) is 3. The molecule has 0 fully saturated rings. The molecule has 4 heteroatoms. The van der Waals surface area contributed by atoms with E-state index in [1.165, 1.54) is 0 Å². The molecular formula is C16H15BrN2O. The minimum atomic E-state index is 0.158. The molecule has 2 aromatic rings. The van der Waals surface area contributed by atoms with Crippen molar-refractivity contribution in [2.24, 2.45) is 0 Å². The number of nitrogens with zero attached hydrogens (tertiary/aromatic N) is 1. The summed E-state index contributed by atoms with van der Waals surface area (Å²) in [7, 11) is 0. The third kappa shape index (κ3) is 3.75. The standard InChI is InChI=1S/C16H15BrN2O/c1-11(2)20-15-6-4-14(5-7-15)19-16-8-3-13(17)9-12(16)10-18/h3-9,11,19H,1-2H3. The van der Waals surface area contributed by atoms with Gasteiger partial charge in [-0.1, -0.05) is 15.9 Å². The summed E-state index contributed by atoms with van der Waals surface area (Å²) in [5, 5.41) is 12.4. The summed E-state index contributed by atoms with van der Waals surface area (Å²) < 4.78 is 6.48. The SMILES string of the molecule is CC(C)Oc1ccc(Nc2ccc(Br)cc2C#N)cc1. The van der Waals surface area contributed by atoms with Crippen molar-refractivity contribution >= 4 is 27.3 Å². The number of benzene rings is 2. The van der Waals surface area contributed by atoms with E-state index < -0.39 is 0 Å². The second-order valence-corrected chi connectivity index (χ2v) is 5.53. The van der Waals surface area contributed by atoms with Gasteiger partial charge in [0, 0.05) is 10.2 Å². The smallest absolute Gasteiger partial charge is 0.119 e. The van der Waals surface area contributed by atoms with Gasteiger partial charge in [0.2, 0.25) is 0 Å². The predicted molar refractivity (Wildman–Crippen MR) is 84.3 cm³/mol. The first kappa shape index (κ1) is 14.4. The molecule has 1 N–H and O–H groups in total. The maximum absolute atomic E-state index is 9.13. The van der Waals surface area contributed by atoms with Gasteiger partial charge in [-0.05, 0) is 56.3 Å². The molecule has 102 valence electrons. The zero-order chi connectivity index (χ0) is 14.5. The monoisotopic (exact) mass is 330 g/mol. The van der Waals surface area contributed by atoms with Gasteiger partial charge in [0.15, 0.2) is 0 Å². The minimum Gasteiger partial charge on any atom is -0.491 e. The molecule has 0 radical (unpaired) electrons. The molecule has 0 aliphatic carbocycles. The molecule has 0 bridgehead atoms. The Morgan fingerprint density at radius 1 is 1.15 bits per heavy atom. The largest absolute Gasteiger partial charge is 0.491 e. The quantitative estimate of drug-likeness (QED) is 0.871. The van der Waals surface area contributed by atoms with Crippen LogP contribution in [-0.4, -0.2) is 6.10 Å². The van der Waals surface area contributed by atoms with Crippen molar-refractivity contribution in [3.8, 4) is 11.8 Å². The van der Waals surface area contributed by atoms with Crippen LogP contribution in [0.5, 0.6) is 5.75 Å². The molecule has 0 aliphatic rings. The highest BCUT2D eigenvalue weighted by atomic mass is 79.9. The summed E-state index contributed by atoms with van der Waals surface area (Å²) in [5.41, 5.74) is 2.30. The van der Waals surface area contributed by atoms with Gasteiger partial charge in [-0.15, -0.1) is 0 Å². The lowest BCUT2D eigenvalue weighted by Gasteiger charge is -2.12. The van der Waals surface area contributed by atoms with E-state index in [1.807, 2.05) is 50.2 Å². The third-order valence-electron chi connectivity index (χ3n) is 2.61. The number of halogens is 1. The van der Waals surface area contributed by atoms with E-state index in [1.54, 1.807) is 6.07 Å². The van der Waals surface area contributed by atoms with Crippen molar-refractivity contribution < 1.29 is 4.74 Å². The van der Waals surface area contributed by atoms with Crippen LogP contribution in [0.2, 0.25) is 0 Å². The van der Waals surface area contributed by atoms with Crippen molar-refractivity contribution in [1.29, 1.82) is 5.26 Å². The number of ether oxygens (including phenoxy) is 1. The van der Waals surface area contributed by atoms with E-state index in [0.717, 1.165) is 21.6 Å². The fraction of sp³-hybridized carbons (Fsp3) is 0.188. The molecule has 0 aromatic heterocycles. The van der Waals surface area contributed by atoms with Crippen LogP contribution in [0.25, 0.3) is 0 Å². The lowest BCUT2D eigenvalue weighted by atomic mass is 10.2. The van der Waals surface area contributed by atoms with Crippen LogP contribution >= 0.6 is 15.9 Å². The number of rotatable bonds is 4. The second kappa shape index (κ2) is 6.44. The maximum Gasteiger partial charge on any atom is 0.119 e. The van der Waals surface area contributed by atoms with Gasteiger partial charge in [-0.2, -0.15) is 5.26 Å². The Morgan fingerprint density at radius 2 is 1.85 bits per heavy atom. The van der Waals surface area contributed by atoms with Crippen LogP contribution < -0.4 is 10.1 Å². The number of hydrogen-bond donors (Lipinski definition) is 1. The lowest BCUT2D eigenvalue weighted by molar-refractivity contribution is 0.242. The normalized spacial score (nSPS) is 10.2. The van der Waals surface area contributed by atoms with Gasteiger partial charge in [0.05, 0.1) is 17.4 Å². The average molecular weight is 331 g/mol. The molecule has 0 unspecified atom stereocenters. The Labute approximate surface area is 127 Å². The van der Waals surface area contributed by atoms with Crippen LogP contribution in [-0.2, 0) is 0 Å². The maximum atomic E-state index is 9.13. The highest BCUT2D eigenvalue weighted by molar-refractivity contribution is 9.10. The predicted octanol–water partition coefficient (Wildman–Crippen LogP) is 4.85. The van der Waals surface area contributed by atoms with Gasteiger partial charge in [-0.3, -0.25) is 0 Å². The summed E-state index contributed by atoms with van der Waals surface area (Å²) in [4.78, 5) is 0. The zero-order valence-electron chi connectivity index (χ0n) is 11.4. The van der Waals surface area contributed by atoms with Crippen LogP contribution in [0.1, 0.15) is 19.4 Å². The highest BCUT2D eigenvalue weighted by Gasteiger charge is 2.04. The van der Waals surface area contributed by atoms with Gasteiger partial charge in [0.25, 0.3) is 0 Å². The van der Waals surface area contributed by atoms with Crippen LogP contribution in [0, 0.1) is 11.3 Å². The molecule has 0 atom stereocenters. The second-order valence-electron chi connectivity index (χ2n) is 4.62. The fourth-order valence-electron chi connectivity index (χ4n) is 1.76. The molecule has 0 aliphatic heterocycles. The van der Waals surface area contributed by atoms with E-state index in [0.29, 0.717) is 5.56 Å². The topological polar surface area (TPSA) is 45.0 Å². The molecule has 20 heavy (non-hydrogen) atoms. The van der Waals surface area contributed by atoms with E-state index in [2.05, 4.69) is 27.3 Å². The molecule has 0 amide bonds. The molecule has 0 saturated carbocycles. The van der Waals surface area contributed by atoms with Crippen LogP contribution in [0.3, 0.4) is 0 Å². The Kier molecular flexibility index (Phi) is 4.65. The number of anilines is 2. The number of nitriles is 1. The van der Waals surface area contributed by atoms with Gasteiger partial charge >= 0.3 is 0 Å². The Bertz CT molecular complexity index is 630. The molecule has 0 heterocycles. The van der Waals surface area contributed by atoms with Crippen molar-refractivity contribution in [3.05, 3.63) is 52.5 Å². The number of nitrogens with one attached hydrogen (secondary N) is 1. The van der Waals surface area contributed by atoms with Crippen molar-refractivity contribution in [2.75, 3.05) is 5.32 Å². The fourth-order valence-corrected chi connectivity index (χ4v) is 2.12. The summed E-state index contributed by atoms with van der Waals surface area (Å²) in [6.45, 7) is 3.99. The Morgan fingerprint density at radius 3 is 2.45 bits per heavy atom. The van der Waals surface area contributed by atoms with Crippen molar-refractivity contribution in [1.82, 2.24) is 0 Å².